The van der Waals surface area contributed by atoms with Crippen molar-refractivity contribution in [2.24, 2.45) is 5.92 Å². The van der Waals surface area contributed by atoms with Crippen molar-refractivity contribution in [3.8, 4) is 11.1 Å². The van der Waals surface area contributed by atoms with Gasteiger partial charge in [0, 0.05) is 12.1 Å². The molecule has 0 saturated carbocycles. The molecular weight excluding hydrogens is 354 g/mol. The minimum atomic E-state index is -0.156. The first-order chi connectivity index (χ1) is 13.2. The molecule has 1 unspecified atom stereocenters. The number of aromatic nitrogens is 1. The second-order valence-corrected chi connectivity index (χ2v) is 7.54. The van der Waals surface area contributed by atoms with Gasteiger partial charge in [-0.05, 0) is 64.1 Å². The smallest absolute Gasteiger partial charge is 0.172 e. The Kier molecular flexibility index (Phi) is 3.95. The second-order valence-electron chi connectivity index (χ2n) is 7.18. The fourth-order valence-electron chi connectivity index (χ4n) is 4.30. The van der Waals surface area contributed by atoms with Crippen LogP contribution in [0.4, 0.5) is 0 Å². The third kappa shape index (κ3) is 2.72. The molecule has 0 radical (unpaired) electrons. The highest BCUT2D eigenvalue weighted by atomic mass is 35.5. The van der Waals surface area contributed by atoms with Gasteiger partial charge in [0.25, 0.3) is 0 Å². The number of aryl methyl sites for hydroxylation is 1. The number of benzene rings is 2. The van der Waals surface area contributed by atoms with Crippen LogP contribution < -0.4 is 10.4 Å². The molecule has 5 rings (SSSR count). The highest BCUT2D eigenvalue weighted by Crippen LogP contribution is 2.26. The van der Waals surface area contributed by atoms with Gasteiger partial charge < -0.3 is 0 Å². The maximum atomic E-state index is 13.0. The minimum absolute atomic E-state index is 0.0626. The van der Waals surface area contributed by atoms with E-state index in [1.54, 1.807) is 18.3 Å². The molecule has 0 fully saturated rings. The summed E-state index contributed by atoms with van der Waals surface area (Å²) in [4.78, 5) is 17.1. The maximum absolute atomic E-state index is 13.0. The Morgan fingerprint density at radius 1 is 0.963 bits per heavy atom. The number of nitrogens with zero attached hydrogens (tertiary/aromatic N) is 1. The lowest BCUT2D eigenvalue weighted by atomic mass is 9.82. The van der Waals surface area contributed by atoms with Gasteiger partial charge in [0.05, 0.1) is 5.56 Å². The van der Waals surface area contributed by atoms with Gasteiger partial charge in [0.15, 0.2) is 5.78 Å². The van der Waals surface area contributed by atoms with Crippen LogP contribution in [0, 0.1) is 5.92 Å². The molecule has 1 atom stereocenters. The van der Waals surface area contributed by atoms with E-state index in [1.807, 2.05) is 0 Å². The van der Waals surface area contributed by atoms with Crippen molar-refractivity contribution in [1.82, 2.24) is 4.98 Å². The van der Waals surface area contributed by atoms with Crippen LogP contribution in [-0.4, -0.2) is 10.8 Å². The average Bonchev–Trinajstić information content (AvgIpc) is 2.72. The van der Waals surface area contributed by atoms with Gasteiger partial charge in [-0.2, -0.15) is 0 Å². The summed E-state index contributed by atoms with van der Waals surface area (Å²) in [6.07, 6.45) is 8.71. The fraction of sp³-hybridized carbons (Fsp3) is 0.167. The molecule has 1 aromatic heterocycles. The van der Waals surface area contributed by atoms with E-state index in [1.165, 1.54) is 32.7 Å². The number of fused-ring (bicyclic) bond motifs is 5. The predicted octanol–water partition coefficient (Wildman–Crippen LogP) is 3.96. The van der Waals surface area contributed by atoms with Crippen molar-refractivity contribution in [3.05, 3.63) is 87.0 Å². The number of ketones is 1. The quantitative estimate of drug-likeness (QED) is 0.504. The zero-order chi connectivity index (χ0) is 18.4. The summed E-state index contributed by atoms with van der Waals surface area (Å²) in [7, 11) is 0. The number of Topliss-reactive ketones (excluding diaryl/α,β-unsaturated/α-hetero) is 1. The monoisotopic (exact) mass is 371 g/mol. The summed E-state index contributed by atoms with van der Waals surface area (Å²) in [5, 5.41) is 2.77. The molecule has 0 amide bonds. The number of rotatable bonds is 2. The summed E-state index contributed by atoms with van der Waals surface area (Å²) in [5.41, 5.74) is 5.76. The van der Waals surface area contributed by atoms with Gasteiger partial charge in [-0.15, -0.1) is 0 Å². The molecular formula is C24H18ClNO. The molecule has 0 saturated heterocycles. The van der Waals surface area contributed by atoms with Crippen molar-refractivity contribution in [2.75, 3.05) is 0 Å². The van der Waals surface area contributed by atoms with E-state index in [9.17, 15) is 4.79 Å². The normalized spacial score (nSPS) is 17.0. The number of carbonyl (C=O) groups is 1. The summed E-state index contributed by atoms with van der Waals surface area (Å²) in [6, 6.07) is 16.5. The SMILES string of the molecule is O=C(c1cccnc1Cl)C1C=c2c(ccc3c2=CCc2ccccc2-3)CC1. The highest BCUT2D eigenvalue weighted by Gasteiger charge is 2.24. The molecule has 0 N–H and O–H groups in total. The second kappa shape index (κ2) is 6.47. The number of hydrogen-bond acceptors (Lipinski definition) is 2. The van der Waals surface area contributed by atoms with E-state index in [0.717, 1.165) is 19.3 Å². The largest absolute Gasteiger partial charge is 0.293 e. The molecule has 2 aliphatic carbocycles. The van der Waals surface area contributed by atoms with Crippen LogP contribution in [0.5, 0.6) is 0 Å². The summed E-state index contributed by atoms with van der Waals surface area (Å²) >= 11 is 6.16. The third-order valence-electron chi connectivity index (χ3n) is 5.66. The lowest BCUT2D eigenvalue weighted by Crippen LogP contribution is -2.37. The summed E-state index contributed by atoms with van der Waals surface area (Å²) in [5.74, 6) is -0.0937. The first kappa shape index (κ1) is 16.5. The van der Waals surface area contributed by atoms with Crippen LogP contribution in [-0.2, 0) is 12.8 Å². The van der Waals surface area contributed by atoms with Gasteiger partial charge in [-0.3, -0.25) is 4.79 Å². The van der Waals surface area contributed by atoms with Crippen molar-refractivity contribution in [2.45, 2.75) is 19.3 Å². The molecule has 132 valence electrons. The van der Waals surface area contributed by atoms with Gasteiger partial charge >= 0.3 is 0 Å². The number of halogens is 1. The molecule has 0 bridgehead atoms. The van der Waals surface area contributed by atoms with Gasteiger partial charge in [-0.25, -0.2) is 4.98 Å². The molecule has 1 heterocycles. The lowest BCUT2D eigenvalue weighted by Gasteiger charge is -2.21. The van der Waals surface area contributed by atoms with Crippen molar-refractivity contribution < 1.29 is 4.79 Å². The van der Waals surface area contributed by atoms with E-state index in [-0.39, 0.29) is 16.9 Å². The van der Waals surface area contributed by atoms with Crippen LogP contribution in [0.15, 0.2) is 54.7 Å². The van der Waals surface area contributed by atoms with Crippen LogP contribution in [0.25, 0.3) is 23.3 Å². The van der Waals surface area contributed by atoms with E-state index in [0.29, 0.717) is 5.56 Å². The van der Waals surface area contributed by atoms with Crippen LogP contribution >= 0.6 is 11.6 Å². The van der Waals surface area contributed by atoms with E-state index < -0.39 is 0 Å². The van der Waals surface area contributed by atoms with Crippen LogP contribution in [0.3, 0.4) is 0 Å². The zero-order valence-corrected chi connectivity index (χ0v) is 15.5. The Morgan fingerprint density at radius 2 is 1.85 bits per heavy atom. The Hall–Kier alpha value is -2.71. The Labute approximate surface area is 162 Å². The first-order valence-electron chi connectivity index (χ1n) is 9.29. The average molecular weight is 372 g/mol. The molecule has 3 heteroatoms. The Balaban J connectivity index is 1.65. The molecule has 0 spiro atoms. The molecule has 2 aliphatic rings. The topological polar surface area (TPSA) is 30.0 Å². The molecule has 0 aliphatic heterocycles. The molecule has 3 aromatic rings. The minimum Gasteiger partial charge on any atom is -0.293 e. The fourth-order valence-corrected chi connectivity index (χ4v) is 4.51. The maximum Gasteiger partial charge on any atom is 0.172 e. The van der Waals surface area contributed by atoms with Crippen molar-refractivity contribution in [3.63, 3.8) is 0 Å². The standard InChI is InChI=1S/C24H18ClNO/c25-24-21(6-3-13-26-24)23(27)17-8-7-16-10-11-19-18-5-2-1-4-15(18)9-12-20(19)22(16)14-17/h1-6,10-14,17H,7-9H2. The highest BCUT2D eigenvalue weighted by molar-refractivity contribution is 6.33. The van der Waals surface area contributed by atoms with E-state index >= 15 is 0 Å². The molecule has 27 heavy (non-hydrogen) atoms. The number of pyridine rings is 1. The summed E-state index contributed by atoms with van der Waals surface area (Å²) < 4.78 is 0. The van der Waals surface area contributed by atoms with Gasteiger partial charge in [0.1, 0.15) is 5.15 Å². The Morgan fingerprint density at radius 3 is 2.74 bits per heavy atom. The van der Waals surface area contributed by atoms with Crippen molar-refractivity contribution in [1.29, 1.82) is 0 Å². The summed E-state index contributed by atoms with van der Waals surface area (Å²) in [6.45, 7) is 0. The van der Waals surface area contributed by atoms with Crippen molar-refractivity contribution >= 4 is 29.5 Å². The predicted molar refractivity (Wildman–Crippen MR) is 109 cm³/mol. The number of carbonyl (C=O) groups excluding carboxylic acids is 1. The van der Waals surface area contributed by atoms with E-state index in [4.69, 9.17) is 11.6 Å². The first-order valence-corrected chi connectivity index (χ1v) is 9.67. The van der Waals surface area contributed by atoms with Gasteiger partial charge in [-0.1, -0.05) is 60.2 Å². The zero-order valence-electron chi connectivity index (χ0n) is 14.8. The lowest BCUT2D eigenvalue weighted by molar-refractivity contribution is 0.0946. The van der Waals surface area contributed by atoms with Crippen LogP contribution in [0.1, 0.15) is 27.9 Å². The van der Waals surface area contributed by atoms with Gasteiger partial charge in [0.2, 0.25) is 0 Å². The molecule has 2 aromatic carbocycles. The molecule has 2 nitrogen and oxygen atoms in total. The Bertz CT molecular complexity index is 1200. The van der Waals surface area contributed by atoms with Crippen LogP contribution in [0.2, 0.25) is 5.15 Å². The van der Waals surface area contributed by atoms with E-state index in [2.05, 4.69) is 53.5 Å². The third-order valence-corrected chi connectivity index (χ3v) is 5.97. The number of hydrogen-bond donors (Lipinski definition) is 0.